The van der Waals surface area contributed by atoms with Gasteiger partial charge in [0.2, 0.25) is 5.82 Å². The Morgan fingerprint density at radius 1 is 1.13 bits per heavy atom. The van der Waals surface area contributed by atoms with E-state index in [1.165, 1.54) is 7.11 Å². The first-order valence-corrected chi connectivity index (χ1v) is 6.59. The Bertz CT molecular complexity index is 725. The van der Waals surface area contributed by atoms with E-state index in [1.54, 1.807) is 19.9 Å². The Hall–Kier alpha value is -2.64. The topological polar surface area (TPSA) is 64.1 Å². The number of rotatable bonds is 3. The van der Waals surface area contributed by atoms with Crippen molar-refractivity contribution in [2.75, 3.05) is 12.4 Å². The number of carbonyl (C=O) groups excluding carboxylic acids is 1. The number of carbonyl (C=O) groups is 1. The molecular weight excluding hydrogens is 311 g/mol. The molecule has 1 aromatic carbocycles. The van der Waals surface area contributed by atoms with Crippen molar-refractivity contribution in [1.29, 1.82) is 0 Å². The van der Waals surface area contributed by atoms with Crippen molar-refractivity contribution < 1.29 is 22.7 Å². The van der Waals surface area contributed by atoms with Gasteiger partial charge in [0.25, 0.3) is 5.91 Å². The number of aryl methyl sites for hydroxylation is 2. The van der Waals surface area contributed by atoms with E-state index in [0.717, 1.165) is 18.2 Å². The number of hydrogen-bond acceptors (Lipinski definition) is 4. The standard InChI is InChI=1S/C15H14F3N3O2/c1-8-6-9(2)20-13(19-8)14(22)21-11-7-10(15(16,17)18)4-5-12(11)23-3/h4-7H,1-3H3,(H,21,22). The fourth-order valence-corrected chi connectivity index (χ4v) is 1.99. The highest BCUT2D eigenvalue weighted by Gasteiger charge is 2.31. The van der Waals surface area contributed by atoms with Gasteiger partial charge in [-0.05, 0) is 38.1 Å². The molecule has 0 aliphatic carbocycles. The molecule has 1 N–H and O–H groups in total. The van der Waals surface area contributed by atoms with E-state index in [0.29, 0.717) is 11.4 Å². The van der Waals surface area contributed by atoms with Crippen molar-refractivity contribution in [3.8, 4) is 5.75 Å². The van der Waals surface area contributed by atoms with Gasteiger partial charge in [0.1, 0.15) is 5.75 Å². The van der Waals surface area contributed by atoms with E-state index in [9.17, 15) is 18.0 Å². The summed E-state index contributed by atoms with van der Waals surface area (Å²) in [5, 5.41) is 2.36. The van der Waals surface area contributed by atoms with Gasteiger partial charge in [0.05, 0.1) is 18.4 Å². The van der Waals surface area contributed by atoms with Crippen LogP contribution in [0.2, 0.25) is 0 Å². The average molecular weight is 325 g/mol. The van der Waals surface area contributed by atoms with Gasteiger partial charge in [-0.2, -0.15) is 13.2 Å². The minimum absolute atomic E-state index is 0.102. The number of methoxy groups -OCH3 is 1. The third-order valence-corrected chi connectivity index (χ3v) is 2.96. The van der Waals surface area contributed by atoms with Gasteiger partial charge < -0.3 is 10.1 Å². The molecule has 0 aliphatic heterocycles. The summed E-state index contributed by atoms with van der Waals surface area (Å²) in [6, 6.07) is 4.50. The third kappa shape index (κ3) is 3.97. The Morgan fingerprint density at radius 2 is 1.74 bits per heavy atom. The first-order valence-electron chi connectivity index (χ1n) is 6.59. The van der Waals surface area contributed by atoms with Crippen molar-refractivity contribution in [1.82, 2.24) is 9.97 Å². The Labute approximate surface area is 130 Å². The molecule has 23 heavy (non-hydrogen) atoms. The Balaban J connectivity index is 2.36. The van der Waals surface area contributed by atoms with Gasteiger partial charge in [-0.25, -0.2) is 9.97 Å². The number of nitrogens with zero attached hydrogens (tertiary/aromatic N) is 2. The lowest BCUT2D eigenvalue weighted by atomic mass is 10.1. The molecule has 0 fully saturated rings. The van der Waals surface area contributed by atoms with Crippen LogP contribution in [-0.2, 0) is 6.18 Å². The number of nitrogens with one attached hydrogen (secondary N) is 1. The zero-order valence-corrected chi connectivity index (χ0v) is 12.7. The number of alkyl halides is 3. The number of benzene rings is 1. The fourth-order valence-electron chi connectivity index (χ4n) is 1.99. The van der Waals surface area contributed by atoms with Crippen LogP contribution in [0.15, 0.2) is 24.3 Å². The minimum Gasteiger partial charge on any atom is -0.495 e. The fraction of sp³-hybridized carbons (Fsp3) is 0.267. The van der Waals surface area contributed by atoms with Crippen LogP contribution in [-0.4, -0.2) is 23.0 Å². The molecule has 1 heterocycles. The molecule has 122 valence electrons. The van der Waals surface area contributed by atoms with Crippen molar-refractivity contribution >= 4 is 11.6 Å². The van der Waals surface area contributed by atoms with Crippen LogP contribution in [0.4, 0.5) is 18.9 Å². The Morgan fingerprint density at radius 3 is 2.26 bits per heavy atom. The molecule has 2 aromatic rings. The van der Waals surface area contributed by atoms with Gasteiger partial charge in [-0.3, -0.25) is 4.79 Å². The van der Waals surface area contributed by atoms with Gasteiger partial charge in [-0.15, -0.1) is 0 Å². The minimum atomic E-state index is -4.53. The summed E-state index contributed by atoms with van der Waals surface area (Å²) in [5.41, 5.74) is 0.169. The average Bonchev–Trinajstić information content (AvgIpc) is 2.45. The molecule has 1 amide bonds. The maximum absolute atomic E-state index is 12.8. The van der Waals surface area contributed by atoms with Crippen molar-refractivity contribution in [3.63, 3.8) is 0 Å². The first kappa shape index (κ1) is 16.7. The summed E-state index contributed by atoms with van der Waals surface area (Å²) in [6.07, 6.45) is -4.53. The summed E-state index contributed by atoms with van der Waals surface area (Å²) in [5.74, 6) is -0.730. The molecule has 0 atom stereocenters. The predicted octanol–water partition coefficient (Wildman–Crippen LogP) is 3.37. The quantitative estimate of drug-likeness (QED) is 0.940. The van der Waals surface area contributed by atoms with Gasteiger partial charge in [-0.1, -0.05) is 0 Å². The maximum Gasteiger partial charge on any atom is 0.416 e. The maximum atomic E-state index is 12.8. The lowest BCUT2D eigenvalue weighted by molar-refractivity contribution is -0.137. The second-order valence-corrected chi connectivity index (χ2v) is 4.84. The molecule has 5 nitrogen and oxygen atoms in total. The van der Waals surface area contributed by atoms with Crippen LogP contribution in [0.25, 0.3) is 0 Å². The Kier molecular flexibility index (Phi) is 4.53. The number of hydrogen-bond donors (Lipinski definition) is 1. The highest BCUT2D eigenvalue weighted by molar-refractivity contribution is 6.02. The highest BCUT2D eigenvalue weighted by atomic mass is 19.4. The predicted molar refractivity (Wildman–Crippen MR) is 77.5 cm³/mol. The number of amides is 1. The summed E-state index contributed by atoms with van der Waals surface area (Å²) in [7, 11) is 1.30. The first-order chi connectivity index (χ1) is 10.7. The molecule has 0 saturated carbocycles. The summed E-state index contributed by atoms with van der Waals surface area (Å²) in [4.78, 5) is 20.1. The summed E-state index contributed by atoms with van der Waals surface area (Å²) >= 11 is 0. The zero-order chi connectivity index (χ0) is 17.2. The highest BCUT2D eigenvalue weighted by Crippen LogP contribution is 2.35. The molecule has 1 aromatic heterocycles. The number of halogens is 3. The van der Waals surface area contributed by atoms with Crippen LogP contribution in [0, 0.1) is 13.8 Å². The molecule has 0 unspecified atom stereocenters. The largest absolute Gasteiger partial charge is 0.495 e. The monoisotopic (exact) mass is 325 g/mol. The van der Waals surface area contributed by atoms with Crippen molar-refractivity contribution in [2.45, 2.75) is 20.0 Å². The second-order valence-electron chi connectivity index (χ2n) is 4.84. The molecule has 2 rings (SSSR count). The second kappa shape index (κ2) is 6.23. The van der Waals surface area contributed by atoms with E-state index in [4.69, 9.17) is 4.74 Å². The van der Waals surface area contributed by atoms with Crippen LogP contribution in [0.1, 0.15) is 27.6 Å². The summed E-state index contributed by atoms with van der Waals surface area (Å²) in [6.45, 7) is 3.38. The van der Waals surface area contributed by atoms with E-state index >= 15 is 0 Å². The van der Waals surface area contributed by atoms with Crippen molar-refractivity contribution in [2.24, 2.45) is 0 Å². The van der Waals surface area contributed by atoms with E-state index in [1.807, 2.05) is 0 Å². The molecule has 0 saturated heterocycles. The smallest absolute Gasteiger partial charge is 0.416 e. The van der Waals surface area contributed by atoms with E-state index in [-0.39, 0.29) is 17.3 Å². The molecule has 0 aliphatic rings. The van der Waals surface area contributed by atoms with Crippen LogP contribution >= 0.6 is 0 Å². The molecular formula is C15H14F3N3O2. The zero-order valence-electron chi connectivity index (χ0n) is 12.7. The SMILES string of the molecule is COc1ccc(C(F)(F)F)cc1NC(=O)c1nc(C)cc(C)n1. The lowest BCUT2D eigenvalue weighted by Crippen LogP contribution is -2.18. The summed E-state index contributed by atoms with van der Waals surface area (Å²) < 4.78 is 43.3. The number of anilines is 1. The van der Waals surface area contributed by atoms with Gasteiger partial charge >= 0.3 is 6.18 Å². The molecule has 8 heteroatoms. The van der Waals surface area contributed by atoms with E-state index < -0.39 is 17.6 Å². The van der Waals surface area contributed by atoms with Crippen LogP contribution in [0.3, 0.4) is 0 Å². The van der Waals surface area contributed by atoms with Crippen LogP contribution in [0.5, 0.6) is 5.75 Å². The molecule has 0 spiro atoms. The van der Waals surface area contributed by atoms with Gasteiger partial charge in [0, 0.05) is 11.4 Å². The molecule has 0 bridgehead atoms. The number of ether oxygens (including phenoxy) is 1. The molecule has 0 radical (unpaired) electrons. The number of aromatic nitrogens is 2. The third-order valence-electron chi connectivity index (χ3n) is 2.96. The van der Waals surface area contributed by atoms with Gasteiger partial charge in [0.15, 0.2) is 0 Å². The normalized spacial score (nSPS) is 11.2. The van der Waals surface area contributed by atoms with Crippen molar-refractivity contribution in [3.05, 3.63) is 47.0 Å². The van der Waals surface area contributed by atoms with Crippen LogP contribution < -0.4 is 10.1 Å². The lowest BCUT2D eigenvalue weighted by Gasteiger charge is -2.13. The van der Waals surface area contributed by atoms with E-state index in [2.05, 4.69) is 15.3 Å².